The molecule has 0 spiro atoms. The maximum atomic E-state index is 13.0. The Labute approximate surface area is 170 Å². The van der Waals surface area contributed by atoms with Crippen molar-refractivity contribution in [2.45, 2.75) is 38.4 Å². The SMILES string of the molecule is Cc1cc(NC2CCN(CCCc3ccccc3)C2=O)n2nc(C(F)(F)F)nc2n1. The Morgan fingerprint density at radius 1 is 1.20 bits per heavy atom. The molecule has 4 rings (SSSR count). The Kier molecular flexibility index (Phi) is 5.31. The van der Waals surface area contributed by atoms with E-state index < -0.39 is 18.0 Å². The molecule has 2 aromatic heterocycles. The molecule has 0 bridgehead atoms. The fourth-order valence-electron chi connectivity index (χ4n) is 3.60. The van der Waals surface area contributed by atoms with Crippen LogP contribution in [0, 0.1) is 6.92 Å². The summed E-state index contributed by atoms with van der Waals surface area (Å²) >= 11 is 0. The number of likely N-dealkylation sites (tertiary alicyclic amines) is 1. The second kappa shape index (κ2) is 7.92. The first-order valence-corrected chi connectivity index (χ1v) is 9.72. The van der Waals surface area contributed by atoms with E-state index in [9.17, 15) is 18.0 Å². The van der Waals surface area contributed by atoms with Crippen LogP contribution < -0.4 is 5.32 Å². The summed E-state index contributed by atoms with van der Waals surface area (Å²) in [6.45, 7) is 2.89. The van der Waals surface area contributed by atoms with Gasteiger partial charge in [-0.05, 0) is 31.7 Å². The minimum absolute atomic E-state index is 0.0677. The molecule has 1 amide bonds. The van der Waals surface area contributed by atoms with Crippen LogP contribution in [0.15, 0.2) is 36.4 Å². The number of alkyl halides is 3. The van der Waals surface area contributed by atoms with Crippen molar-refractivity contribution in [1.29, 1.82) is 0 Å². The first kappa shape index (κ1) is 20.1. The van der Waals surface area contributed by atoms with Crippen molar-refractivity contribution in [1.82, 2.24) is 24.5 Å². The van der Waals surface area contributed by atoms with Crippen LogP contribution in [0.4, 0.5) is 19.0 Å². The highest BCUT2D eigenvalue weighted by molar-refractivity contribution is 5.86. The van der Waals surface area contributed by atoms with Crippen LogP contribution in [0.25, 0.3) is 5.78 Å². The number of carbonyl (C=O) groups excluding carboxylic acids is 1. The van der Waals surface area contributed by atoms with E-state index in [0.717, 1.165) is 17.4 Å². The molecule has 30 heavy (non-hydrogen) atoms. The van der Waals surface area contributed by atoms with Crippen molar-refractivity contribution in [2.24, 2.45) is 0 Å². The Balaban J connectivity index is 1.44. The van der Waals surface area contributed by atoms with Crippen LogP contribution in [0.2, 0.25) is 0 Å². The molecule has 1 N–H and O–H groups in total. The van der Waals surface area contributed by atoms with Crippen LogP contribution in [0.5, 0.6) is 0 Å². The summed E-state index contributed by atoms with van der Waals surface area (Å²) in [6.07, 6.45) is -2.38. The third kappa shape index (κ3) is 4.22. The highest BCUT2D eigenvalue weighted by atomic mass is 19.4. The molecule has 1 atom stereocenters. The van der Waals surface area contributed by atoms with Crippen molar-refractivity contribution >= 4 is 17.5 Å². The summed E-state index contributed by atoms with van der Waals surface area (Å²) in [5.74, 6) is -1.22. The predicted molar refractivity (Wildman–Crippen MR) is 104 cm³/mol. The van der Waals surface area contributed by atoms with E-state index in [2.05, 4.69) is 32.5 Å². The van der Waals surface area contributed by atoms with E-state index in [-0.39, 0.29) is 17.5 Å². The van der Waals surface area contributed by atoms with E-state index in [1.807, 2.05) is 18.2 Å². The maximum Gasteiger partial charge on any atom is 0.453 e. The van der Waals surface area contributed by atoms with Crippen LogP contribution >= 0.6 is 0 Å². The molecule has 1 unspecified atom stereocenters. The van der Waals surface area contributed by atoms with E-state index >= 15 is 0 Å². The molecule has 0 radical (unpaired) electrons. The summed E-state index contributed by atoms with van der Waals surface area (Å²) in [7, 11) is 0. The average Bonchev–Trinajstić information content (AvgIpc) is 3.27. The zero-order chi connectivity index (χ0) is 21.3. The molecule has 158 valence electrons. The van der Waals surface area contributed by atoms with Gasteiger partial charge in [0.15, 0.2) is 0 Å². The van der Waals surface area contributed by atoms with Gasteiger partial charge in [0.25, 0.3) is 11.6 Å². The van der Waals surface area contributed by atoms with Gasteiger partial charge in [-0.3, -0.25) is 4.79 Å². The Morgan fingerprint density at radius 3 is 2.70 bits per heavy atom. The van der Waals surface area contributed by atoms with Gasteiger partial charge in [-0.25, -0.2) is 4.98 Å². The second-order valence-electron chi connectivity index (χ2n) is 7.33. The Morgan fingerprint density at radius 2 is 1.97 bits per heavy atom. The summed E-state index contributed by atoms with van der Waals surface area (Å²) in [5, 5.41) is 6.56. The van der Waals surface area contributed by atoms with Crippen LogP contribution in [0.1, 0.15) is 29.9 Å². The molecule has 3 aromatic rings. The van der Waals surface area contributed by atoms with Crippen molar-refractivity contribution < 1.29 is 18.0 Å². The van der Waals surface area contributed by atoms with Crippen molar-refractivity contribution in [3.8, 4) is 0 Å². The Hall–Kier alpha value is -3.17. The predicted octanol–water partition coefficient (Wildman–Crippen LogP) is 3.10. The van der Waals surface area contributed by atoms with Crippen molar-refractivity contribution in [3.63, 3.8) is 0 Å². The minimum atomic E-state index is -4.67. The smallest absolute Gasteiger partial charge is 0.358 e. The number of aromatic nitrogens is 4. The number of anilines is 1. The molecule has 7 nitrogen and oxygen atoms in total. The zero-order valence-corrected chi connectivity index (χ0v) is 16.4. The van der Waals surface area contributed by atoms with Gasteiger partial charge in [-0.15, -0.1) is 5.10 Å². The first-order valence-electron chi connectivity index (χ1n) is 9.72. The lowest BCUT2D eigenvalue weighted by Gasteiger charge is -2.18. The third-order valence-corrected chi connectivity index (χ3v) is 5.05. The summed E-state index contributed by atoms with van der Waals surface area (Å²) in [4.78, 5) is 22.0. The van der Waals surface area contributed by atoms with Gasteiger partial charge < -0.3 is 10.2 Å². The number of halogens is 3. The number of nitrogens with one attached hydrogen (secondary N) is 1. The topological polar surface area (TPSA) is 75.4 Å². The number of hydrogen-bond donors (Lipinski definition) is 1. The standard InChI is InChI=1S/C20H21F3N6O/c1-13-12-16(29-19(24-13)26-18(27-29)20(21,22)23)25-15-9-11-28(17(15)30)10-5-8-14-6-3-2-4-7-14/h2-4,6-7,12,15,25H,5,8-11H2,1H3. The number of nitrogens with zero attached hydrogens (tertiary/aromatic N) is 5. The lowest BCUT2D eigenvalue weighted by Crippen LogP contribution is -2.34. The van der Waals surface area contributed by atoms with Gasteiger partial charge in [-0.2, -0.15) is 22.7 Å². The maximum absolute atomic E-state index is 13.0. The number of aryl methyl sites for hydroxylation is 2. The van der Waals surface area contributed by atoms with Gasteiger partial charge >= 0.3 is 6.18 Å². The van der Waals surface area contributed by atoms with E-state index in [1.54, 1.807) is 17.9 Å². The highest BCUT2D eigenvalue weighted by Gasteiger charge is 2.37. The molecule has 10 heteroatoms. The molecular weight excluding hydrogens is 397 g/mol. The van der Waals surface area contributed by atoms with Gasteiger partial charge in [0.1, 0.15) is 11.9 Å². The minimum Gasteiger partial charge on any atom is -0.358 e. The first-order chi connectivity index (χ1) is 14.3. The third-order valence-electron chi connectivity index (χ3n) is 5.05. The van der Waals surface area contributed by atoms with Crippen molar-refractivity contribution in [2.75, 3.05) is 18.4 Å². The quantitative estimate of drug-likeness (QED) is 0.666. The van der Waals surface area contributed by atoms with Crippen LogP contribution in [0.3, 0.4) is 0 Å². The fourth-order valence-corrected chi connectivity index (χ4v) is 3.60. The number of benzene rings is 1. The highest BCUT2D eigenvalue weighted by Crippen LogP contribution is 2.27. The van der Waals surface area contributed by atoms with Crippen LogP contribution in [-0.2, 0) is 17.4 Å². The molecular formula is C20H21F3N6O. The van der Waals surface area contributed by atoms with E-state index in [0.29, 0.717) is 25.2 Å². The molecule has 1 aliphatic heterocycles. The number of fused-ring (bicyclic) bond motifs is 1. The van der Waals surface area contributed by atoms with E-state index in [1.165, 1.54) is 5.56 Å². The summed E-state index contributed by atoms with van der Waals surface area (Å²) in [5.41, 5.74) is 1.71. The summed E-state index contributed by atoms with van der Waals surface area (Å²) in [6, 6.07) is 11.1. The molecule has 1 saturated heterocycles. The van der Waals surface area contributed by atoms with Crippen molar-refractivity contribution in [3.05, 3.63) is 53.5 Å². The monoisotopic (exact) mass is 418 g/mol. The van der Waals surface area contributed by atoms with Gasteiger partial charge in [0.05, 0.1) is 0 Å². The normalized spacial score (nSPS) is 17.1. The molecule has 0 saturated carbocycles. The largest absolute Gasteiger partial charge is 0.453 e. The lowest BCUT2D eigenvalue weighted by molar-refractivity contribution is -0.144. The molecule has 1 aliphatic rings. The number of hydrogen-bond acceptors (Lipinski definition) is 5. The second-order valence-corrected chi connectivity index (χ2v) is 7.33. The van der Waals surface area contributed by atoms with E-state index in [4.69, 9.17) is 0 Å². The van der Waals surface area contributed by atoms with Gasteiger partial charge in [0, 0.05) is 24.8 Å². The molecule has 3 heterocycles. The fraction of sp³-hybridized carbons (Fsp3) is 0.400. The van der Waals surface area contributed by atoms with Gasteiger partial charge in [-0.1, -0.05) is 30.3 Å². The Bertz CT molecular complexity index is 1050. The number of amides is 1. The zero-order valence-electron chi connectivity index (χ0n) is 16.4. The van der Waals surface area contributed by atoms with Crippen LogP contribution in [-0.4, -0.2) is 49.5 Å². The van der Waals surface area contributed by atoms with Gasteiger partial charge in [0.2, 0.25) is 5.91 Å². The number of rotatable bonds is 6. The average molecular weight is 418 g/mol. The lowest BCUT2D eigenvalue weighted by atomic mass is 10.1. The number of carbonyl (C=O) groups is 1. The molecule has 0 aliphatic carbocycles. The summed E-state index contributed by atoms with van der Waals surface area (Å²) < 4.78 is 39.9. The molecule has 1 aromatic carbocycles. The molecule has 1 fully saturated rings.